The summed E-state index contributed by atoms with van der Waals surface area (Å²) in [6.07, 6.45) is 2.97. The quantitative estimate of drug-likeness (QED) is 0.777. The van der Waals surface area contributed by atoms with Crippen molar-refractivity contribution in [2.75, 3.05) is 18.5 Å². The van der Waals surface area contributed by atoms with Gasteiger partial charge in [-0.2, -0.15) is 0 Å². The molecule has 0 saturated carbocycles. The lowest BCUT2D eigenvalue weighted by Crippen LogP contribution is -2.30. The standard InChI is InChI=1S/C16H22F2N2O2/c17-15(18)12-5-3-6-13(11-12)20-16(21)19-9-4-8-14-7-1-2-10-22-14/h3,5-6,11,14-15H,1-2,4,7-10H2,(H2,19,20,21)/t14-/m1/s1. The van der Waals surface area contributed by atoms with E-state index in [1.807, 2.05) is 0 Å². The molecule has 1 aliphatic heterocycles. The molecule has 1 saturated heterocycles. The molecule has 1 aromatic rings. The smallest absolute Gasteiger partial charge is 0.319 e. The van der Waals surface area contributed by atoms with Gasteiger partial charge < -0.3 is 15.4 Å². The number of amides is 2. The van der Waals surface area contributed by atoms with Crippen LogP contribution >= 0.6 is 0 Å². The van der Waals surface area contributed by atoms with E-state index < -0.39 is 6.43 Å². The van der Waals surface area contributed by atoms with Crippen molar-refractivity contribution in [2.24, 2.45) is 0 Å². The molecule has 2 N–H and O–H groups in total. The molecule has 0 bridgehead atoms. The Morgan fingerprint density at radius 3 is 2.95 bits per heavy atom. The van der Waals surface area contributed by atoms with Crippen molar-refractivity contribution in [1.29, 1.82) is 0 Å². The Bertz CT molecular complexity index is 477. The summed E-state index contributed by atoms with van der Waals surface area (Å²) >= 11 is 0. The Hall–Kier alpha value is -1.69. The minimum absolute atomic E-state index is 0.104. The first-order valence-electron chi connectivity index (χ1n) is 7.70. The van der Waals surface area contributed by atoms with Crippen LogP contribution in [0.2, 0.25) is 0 Å². The van der Waals surface area contributed by atoms with Crippen LogP contribution in [0.15, 0.2) is 24.3 Å². The zero-order valence-electron chi connectivity index (χ0n) is 12.5. The molecule has 1 aliphatic rings. The zero-order valence-corrected chi connectivity index (χ0v) is 12.5. The molecule has 2 rings (SSSR count). The molecule has 122 valence electrons. The Morgan fingerprint density at radius 2 is 2.23 bits per heavy atom. The molecule has 2 amide bonds. The second-order valence-corrected chi connectivity index (χ2v) is 5.44. The summed E-state index contributed by atoms with van der Waals surface area (Å²) < 4.78 is 30.8. The van der Waals surface area contributed by atoms with Gasteiger partial charge in [-0.25, -0.2) is 13.6 Å². The highest BCUT2D eigenvalue weighted by Crippen LogP contribution is 2.21. The molecular formula is C16H22F2N2O2. The highest BCUT2D eigenvalue weighted by Gasteiger charge is 2.13. The molecule has 1 aromatic carbocycles. The van der Waals surface area contributed by atoms with Crippen LogP contribution in [0.4, 0.5) is 19.3 Å². The van der Waals surface area contributed by atoms with Gasteiger partial charge in [-0.15, -0.1) is 0 Å². The minimum Gasteiger partial charge on any atom is -0.378 e. The summed E-state index contributed by atoms with van der Waals surface area (Å²) in [5, 5.41) is 5.29. The molecule has 22 heavy (non-hydrogen) atoms. The highest BCUT2D eigenvalue weighted by molar-refractivity contribution is 5.89. The van der Waals surface area contributed by atoms with Crippen molar-refractivity contribution in [1.82, 2.24) is 5.32 Å². The SMILES string of the molecule is O=C(NCCC[C@H]1CCCCO1)Nc1cccc(C(F)F)c1. The van der Waals surface area contributed by atoms with Crippen LogP contribution in [0.1, 0.15) is 44.1 Å². The van der Waals surface area contributed by atoms with E-state index in [1.54, 1.807) is 6.07 Å². The van der Waals surface area contributed by atoms with E-state index in [4.69, 9.17) is 4.74 Å². The third kappa shape index (κ3) is 5.60. The molecule has 6 heteroatoms. The fraction of sp³-hybridized carbons (Fsp3) is 0.562. The van der Waals surface area contributed by atoms with E-state index in [2.05, 4.69) is 10.6 Å². The second kappa shape index (κ2) is 8.68. The topological polar surface area (TPSA) is 50.4 Å². The van der Waals surface area contributed by atoms with Crippen LogP contribution in [0.5, 0.6) is 0 Å². The monoisotopic (exact) mass is 312 g/mol. The fourth-order valence-corrected chi connectivity index (χ4v) is 2.49. The number of alkyl halides is 2. The first kappa shape index (κ1) is 16.7. The van der Waals surface area contributed by atoms with Crippen LogP contribution in [0.25, 0.3) is 0 Å². The number of carbonyl (C=O) groups is 1. The lowest BCUT2D eigenvalue weighted by molar-refractivity contribution is 0.0103. The number of hydrogen-bond donors (Lipinski definition) is 2. The van der Waals surface area contributed by atoms with Crippen LogP contribution in [0, 0.1) is 0 Å². The van der Waals surface area contributed by atoms with E-state index in [9.17, 15) is 13.6 Å². The summed E-state index contributed by atoms with van der Waals surface area (Å²) in [7, 11) is 0. The van der Waals surface area contributed by atoms with Crippen molar-refractivity contribution < 1.29 is 18.3 Å². The molecule has 1 heterocycles. The van der Waals surface area contributed by atoms with Gasteiger partial charge in [0.25, 0.3) is 6.43 Å². The summed E-state index contributed by atoms with van der Waals surface area (Å²) in [6.45, 7) is 1.37. The Kier molecular flexibility index (Phi) is 6.58. The van der Waals surface area contributed by atoms with Crippen LogP contribution in [-0.4, -0.2) is 25.3 Å². The molecule has 1 fully saturated rings. The van der Waals surface area contributed by atoms with Crippen LogP contribution < -0.4 is 10.6 Å². The third-order valence-electron chi connectivity index (χ3n) is 3.66. The lowest BCUT2D eigenvalue weighted by Gasteiger charge is -2.22. The van der Waals surface area contributed by atoms with Gasteiger partial charge in [0.1, 0.15) is 0 Å². The number of anilines is 1. The highest BCUT2D eigenvalue weighted by atomic mass is 19.3. The average molecular weight is 312 g/mol. The summed E-state index contributed by atoms with van der Waals surface area (Å²) in [4.78, 5) is 11.7. The number of carbonyl (C=O) groups excluding carboxylic acids is 1. The molecular weight excluding hydrogens is 290 g/mol. The van der Waals surface area contributed by atoms with Gasteiger partial charge in [-0.05, 0) is 44.2 Å². The van der Waals surface area contributed by atoms with Gasteiger partial charge in [-0.3, -0.25) is 0 Å². The van der Waals surface area contributed by atoms with E-state index in [1.165, 1.54) is 24.6 Å². The zero-order chi connectivity index (χ0) is 15.8. The number of benzene rings is 1. The van der Waals surface area contributed by atoms with Gasteiger partial charge in [0.2, 0.25) is 0 Å². The average Bonchev–Trinajstić information content (AvgIpc) is 2.53. The molecule has 1 atom stereocenters. The van der Waals surface area contributed by atoms with Gasteiger partial charge in [0, 0.05) is 24.4 Å². The van der Waals surface area contributed by atoms with Crippen LogP contribution in [0.3, 0.4) is 0 Å². The van der Waals surface area contributed by atoms with E-state index in [0.717, 1.165) is 32.3 Å². The van der Waals surface area contributed by atoms with Gasteiger partial charge in [0.05, 0.1) is 6.10 Å². The van der Waals surface area contributed by atoms with Crippen molar-refractivity contribution in [3.05, 3.63) is 29.8 Å². The van der Waals surface area contributed by atoms with Gasteiger partial charge in [0.15, 0.2) is 0 Å². The largest absolute Gasteiger partial charge is 0.378 e. The number of halogens is 2. The molecule has 0 unspecified atom stereocenters. The maximum atomic E-state index is 12.6. The molecule has 4 nitrogen and oxygen atoms in total. The number of ether oxygens (including phenoxy) is 1. The normalized spacial score (nSPS) is 18.2. The first-order valence-corrected chi connectivity index (χ1v) is 7.70. The predicted molar refractivity (Wildman–Crippen MR) is 81.2 cm³/mol. The fourth-order valence-electron chi connectivity index (χ4n) is 2.49. The molecule has 0 aromatic heterocycles. The predicted octanol–water partition coefficient (Wildman–Crippen LogP) is 4.10. The summed E-state index contributed by atoms with van der Waals surface area (Å²) in [5.74, 6) is 0. The lowest BCUT2D eigenvalue weighted by atomic mass is 10.0. The van der Waals surface area contributed by atoms with E-state index >= 15 is 0 Å². The minimum atomic E-state index is -2.54. The summed E-state index contributed by atoms with van der Waals surface area (Å²) in [6, 6.07) is 5.31. The number of hydrogen-bond acceptors (Lipinski definition) is 2. The summed E-state index contributed by atoms with van der Waals surface area (Å²) in [5.41, 5.74) is 0.262. The molecule has 0 radical (unpaired) electrons. The van der Waals surface area contributed by atoms with E-state index in [-0.39, 0.29) is 11.6 Å². The Morgan fingerprint density at radius 1 is 1.36 bits per heavy atom. The maximum Gasteiger partial charge on any atom is 0.319 e. The molecule has 0 spiro atoms. The second-order valence-electron chi connectivity index (χ2n) is 5.44. The number of rotatable bonds is 6. The Labute approximate surface area is 129 Å². The van der Waals surface area contributed by atoms with Crippen LogP contribution in [-0.2, 0) is 4.74 Å². The van der Waals surface area contributed by atoms with Crippen molar-refractivity contribution >= 4 is 11.7 Å². The van der Waals surface area contributed by atoms with Gasteiger partial charge >= 0.3 is 6.03 Å². The number of urea groups is 1. The van der Waals surface area contributed by atoms with Gasteiger partial charge in [-0.1, -0.05) is 12.1 Å². The Balaban J connectivity index is 1.66. The van der Waals surface area contributed by atoms with Crippen molar-refractivity contribution in [2.45, 2.75) is 44.6 Å². The first-order chi connectivity index (χ1) is 10.6. The van der Waals surface area contributed by atoms with E-state index in [0.29, 0.717) is 18.3 Å². The van der Waals surface area contributed by atoms with Crippen molar-refractivity contribution in [3.63, 3.8) is 0 Å². The maximum absolute atomic E-state index is 12.6. The third-order valence-corrected chi connectivity index (χ3v) is 3.66. The number of nitrogens with one attached hydrogen (secondary N) is 2. The van der Waals surface area contributed by atoms with Crippen molar-refractivity contribution in [3.8, 4) is 0 Å². The molecule has 0 aliphatic carbocycles.